The van der Waals surface area contributed by atoms with E-state index in [9.17, 15) is 9.59 Å². The van der Waals surface area contributed by atoms with Gasteiger partial charge in [-0.25, -0.2) is 4.98 Å². The van der Waals surface area contributed by atoms with Crippen LogP contribution in [0.25, 0.3) is 10.6 Å². The number of aryl methyl sites for hydroxylation is 1. The molecule has 0 spiro atoms. The van der Waals surface area contributed by atoms with E-state index < -0.39 is 0 Å². The highest BCUT2D eigenvalue weighted by atomic mass is 35.5. The maximum atomic E-state index is 13.1. The van der Waals surface area contributed by atoms with Gasteiger partial charge >= 0.3 is 0 Å². The minimum absolute atomic E-state index is 0.0115. The van der Waals surface area contributed by atoms with E-state index in [2.05, 4.69) is 9.88 Å². The van der Waals surface area contributed by atoms with Crippen molar-refractivity contribution < 1.29 is 14.3 Å². The van der Waals surface area contributed by atoms with Crippen LogP contribution in [0.2, 0.25) is 5.02 Å². The quantitative estimate of drug-likeness (QED) is 0.718. The lowest BCUT2D eigenvalue weighted by atomic mass is 10.2. The van der Waals surface area contributed by atoms with Gasteiger partial charge in [-0.3, -0.25) is 14.5 Å². The predicted molar refractivity (Wildman–Crippen MR) is 117 cm³/mol. The summed E-state index contributed by atoms with van der Waals surface area (Å²) in [4.78, 5) is 36.6. The molecular formula is C21H25ClN4O3S. The Morgan fingerprint density at radius 1 is 1.10 bits per heavy atom. The number of hydrogen-bond donors (Lipinski definition) is 0. The number of piperazine rings is 1. The summed E-state index contributed by atoms with van der Waals surface area (Å²) in [6, 6.07) is 7.51. The van der Waals surface area contributed by atoms with Crippen molar-refractivity contribution in [1.29, 1.82) is 0 Å². The number of thiazole rings is 1. The maximum absolute atomic E-state index is 13.1. The zero-order valence-corrected chi connectivity index (χ0v) is 18.5. The van der Waals surface area contributed by atoms with Gasteiger partial charge in [-0.15, -0.1) is 11.3 Å². The van der Waals surface area contributed by atoms with E-state index in [1.165, 1.54) is 11.3 Å². The lowest BCUT2D eigenvalue weighted by Gasteiger charge is -2.35. The number of nitrogens with zero attached hydrogens (tertiary/aromatic N) is 4. The van der Waals surface area contributed by atoms with Crippen LogP contribution >= 0.6 is 22.9 Å². The van der Waals surface area contributed by atoms with Crippen molar-refractivity contribution in [3.63, 3.8) is 0 Å². The first-order chi connectivity index (χ1) is 14.5. The van der Waals surface area contributed by atoms with Gasteiger partial charge in [-0.1, -0.05) is 23.7 Å². The van der Waals surface area contributed by atoms with Crippen LogP contribution in [0, 0.1) is 6.92 Å². The molecule has 30 heavy (non-hydrogen) atoms. The molecule has 1 aromatic carbocycles. The van der Waals surface area contributed by atoms with Crippen molar-refractivity contribution in [2.75, 3.05) is 59.0 Å². The second kappa shape index (κ2) is 9.43. The van der Waals surface area contributed by atoms with Crippen LogP contribution < -0.4 is 0 Å². The highest BCUT2D eigenvalue weighted by Gasteiger charge is 2.27. The van der Waals surface area contributed by atoms with Crippen molar-refractivity contribution in [2.24, 2.45) is 0 Å². The Hall–Kier alpha value is -2.00. The Balaban J connectivity index is 1.35. The lowest BCUT2D eigenvalue weighted by molar-refractivity contribution is -0.136. The number of amides is 2. The molecule has 2 amide bonds. The number of rotatable bonds is 4. The summed E-state index contributed by atoms with van der Waals surface area (Å²) in [7, 11) is 0. The first kappa shape index (κ1) is 21.2. The number of halogens is 1. The Kier molecular flexibility index (Phi) is 6.67. The van der Waals surface area contributed by atoms with Gasteiger partial charge in [0.05, 0.1) is 25.5 Å². The summed E-state index contributed by atoms with van der Waals surface area (Å²) in [6.07, 6.45) is 0. The summed E-state index contributed by atoms with van der Waals surface area (Å²) in [6.45, 7) is 7.43. The van der Waals surface area contributed by atoms with E-state index in [-0.39, 0.29) is 11.8 Å². The largest absolute Gasteiger partial charge is 0.378 e. The van der Waals surface area contributed by atoms with Gasteiger partial charge in [0.1, 0.15) is 9.88 Å². The first-order valence-electron chi connectivity index (χ1n) is 10.1. The minimum Gasteiger partial charge on any atom is -0.378 e. The summed E-state index contributed by atoms with van der Waals surface area (Å²) in [5.41, 5.74) is 1.66. The van der Waals surface area contributed by atoms with E-state index in [0.717, 1.165) is 16.3 Å². The lowest BCUT2D eigenvalue weighted by Crippen LogP contribution is -2.52. The van der Waals surface area contributed by atoms with Crippen LogP contribution in [0.3, 0.4) is 0 Å². The standard InChI is InChI=1S/C21H25ClN4O3S/c1-15-19(30-20(23-15)16-3-2-4-17(22)13-16)21(28)26-7-5-24(6-8-26)14-18(27)25-9-11-29-12-10-25/h2-4,13H,5-12,14H2,1H3. The molecule has 0 radical (unpaired) electrons. The fourth-order valence-electron chi connectivity index (χ4n) is 3.70. The average Bonchev–Trinajstić information content (AvgIpc) is 3.16. The van der Waals surface area contributed by atoms with Gasteiger partial charge in [-0.05, 0) is 19.1 Å². The molecule has 0 atom stereocenters. The molecule has 160 valence electrons. The molecular weight excluding hydrogens is 424 g/mol. The van der Waals surface area contributed by atoms with Crippen molar-refractivity contribution >= 4 is 34.8 Å². The van der Waals surface area contributed by atoms with Crippen molar-refractivity contribution in [3.05, 3.63) is 39.9 Å². The molecule has 0 bridgehead atoms. The Morgan fingerprint density at radius 2 is 1.83 bits per heavy atom. The smallest absolute Gasteiger partial charge is 0.265 e. The molecule has 1 aromatic heterocycles. The fraction of sp³-hybridized carbons (Fsp3) is 0.476. The van der Waals surface area contributed by atoms with Crippen LogP contribution in [0.1, 0.15) is 15.4 Å². The van der Waals surface area contributed by atoms with Gasteiger partial charge in [0.2, 0.25) is 5.91 Å². The minimum atomic E-state index is 0.0115. The van der Waals surface area contributed by atoms with Crippen molar-refractivity contribution in [3.8, 4) is 10.6 Å². The monoisotopic (exact) mass is 448 g/mol. The van der Waals surface area contributed by atoms with E-state index >= 15 is 0 Å². The van der Waals surface area contributed by atoms with Crippen LogP contribution in [-0.4, -0.2) is 90.5 Å². The Morgan fingerprint density at radius 3 is 2.53 bits per heavy atom. The number of ether oxygens (including phenoxy) is 1. The van der Waals surface area contributed by atoms with Crippen LogP contribution in [0.4, 0.5) is 0 Å². The molecule has 2 aliphatic heterocycles. The van der Waals surface area contributed by atoms with Crippen molar-refractivity contribution in [2.45, 2.75) is 6.92 Å². The molecule has 2 saturated heterocycles. The van der Waals surface area contributed by atoms with Gasteiger partial charge in [0, 0.05) is 49.9 Å². The molecule has 7 nitrogen and oxygen atoms in total. The normalized spacial score (nSPS) is 17.9. The molecule has 0 N–H and O–H groups in total. The molecule has 3 heterocycles. The maximum Gasteiger partial charge on any atom is 0.265 e. The SMILES string of the molecule is Cc1nc(-c2cccc(Cl)c2)sc1C(=O)N1CCN(CC(=O)N2CCOCC2)CC1. The third kappa shape index (κ3) is 4.83. The van der Waals surface area contributed by atoms with E-state index in [1.54, 1.807) is 0 Å². The zero-order valence-electron chi connectivity index (χ0n) is 17.0. The number of carbonyl (C=O) groups is 2. The predicted octanol–water partition coefficient (Wildman–Crippen LogP) is 2.39. The topological polar surface area (TPSA) is 66.0 Å². The van der Waals surface area contributed by atoms with Gasteiger partial charge in [0.25, 0.3) is 5.91 Å². The summed E-state index contributed by atoms with van der Waals surface area (Å²) >= 11 is 7.49. The molecule has 9 heteroatoms. The number of hydrogen-bond acceptors (Lipinski definition) is 6. The van der Waals surface area contributed by atoms with Gasteiger partial charge in [0.15, 0.2) is 0 Å². The van der Waals surface area contributed by atoms with E-state index in [0.29, 0.717) is 68.9 Å². The molecule has 0 unspecified atom stereocenters. The van der Waals surface area contributed by atoms with Gasteiger partial charge in [-0.2, -0.15) is 0 Å². The summed E-state index contributed by atoms with van der Waals surface area (Å²) < 4.78 is 5.31. The fourth-order valence-corrected chi connectivity index (χ4v) is 4.92. The molecule has 2 aromatic rings. The highest BCUT2D eigenvalue weighted by molar-refractivity contribution is 7.17. The summed E-state index contributed by atoms with van der Waals surface area (Å²) in [5.74, 6) is 0.153. The van der Waals surface area contributed by atoms with Crippen molar-refractivity contribution in [1.82, 2.24) is 19.7 Å². The molecule has 4 rings (SSSR count). The molecule has 2 aliphatic rings. The third-order valence-electron chi connectivity index (χ3n) is 5.44. The molecule has 0 saturated carbocycles. The van der Waals surface area contributed by atoms with Crippen LogP contribution in [0.5, 0.6) is 0 Å². The molecule has 0 aliphatic carbocycles. The zero-order chi connectivity index (χ0) is 21.1. The van der Waals surface area contributed by atoms with E-state index in [4.69, 9.17) is 16.3 Å². The van der Waals surface area contributed by atoms with Crippen LogP contribution in [-0.2, 0) is 9.53 Å². The van der Waals surface area contributed by atoms with Gasteiger partial charge < -0.3 is 14.5 Å². The number of benzene rings is 1. The average molecular weight is 449 g/mol. The first-order valence-corrected chi connectivity index (χ1v) is 11.3. The second-order valence-corrected chi connectivity index (χ2v) is 8.94. The highest BCUT2D eigenvalue weighted by Crippen LogP contribution is 2.30. The summed E-state index contributed by atoms with van der Waals surface area (Å²) in [5, 5.41) is 1.45. The van der Waals surface area contributed by atoms with Crippen LogP contribution in [0.15, 0.2) is 24.3 Å². The number of carbonyl (C=O) groups excluding carboxylic acids is 2. The number of aromatic nitrogens is 1. The Labute approximate surface area is 185 Å². The van der Waals surface area contributed by atoms with E-state index in [1.807, 2.05) is 41.0 Å². The second-order valence-electron chi connectivity index (χ2n) is 7.51. The number of morpholine rings is 1. The molecule has 2 fully saturated rings. The third-order valence-corrected chi connectivity index (χ3v) is 6.87. The Bertz CT molecular complexity index is 921.